The zero-order chi connectivity index (χ0) is 11.5. The highest BCUT2D eigenvalue weighted by atomic mass is 35.5. The van der Waals surface area contributed by atoms with Gasteiger partial charge in [0.2, 0.25) is 0 Å². The van der Waals surface area contributed by atoms with Crippen LogP contribution in [0.2, 0.25) is 0 Å². The Hall–Kier alpha value is -0.350. The molecule has 1 saturated heterocycles. The quantitative estimate of drug-likeness (QED) is 0.761. The number of hydrogen-bond donors (Lipinski definition) is 0. The van der Waals surface area contributed by atoms with E-state index in [4.69, 9.17) is 11.6 Å². The molecule has 2 rings (SSSR count). The lowest BCUT2D eigenvalue weighted by molar-refractivity contribution is 0.704. The molecule has 16 heavy (non-hydrogen) atoms. The molecule has 2 heterocycles. The summed E-state index contributed by atoms with van der Waals surface area (Å²) >= 11 is 8.06. The first-order valence-corrected chi connectivity index (χ1v) is 7.34. The van der Waals surface area contributed by atoms with E-state index in [0.717, 1.165) is 18.8 Å². The molecule has 0 spiro atoms. The van der Waals surface area contributed by atoms with Crippen molar-refractivity contribution in [1.82, 2.24) is 9.78 Å². The summed E-state index contributed by atoms with van der Waals surface area (Å²) in [6.45, 7) is 4.26. The second kappa shape index (κ2) is 5.32. The van der Waals surface area contributed by atoms with Gasteiger partial charge in [-0.15, -0.1) is 11.6 Å². The average Bonchev–Trinajstić information content (AvgIpc) is 2.48. The lowest BCUT2D eigenvalue weighted by Crippen LogP contribution is -2.28. The molecule has 0 amide bonds. The summed E-state index contributed by atoms with van der Waals surface area (Å²) in [6.07, 6.45) is 1.25. The fraction of sp³-hybridized carbons (Fsp3) is 0.727. The highest BCUT2D eigenvalue weighted by Crippen LogP contribution is 2.26. The van der Waals surface area contributed by atoms with Crippen molar-refractivity contribution in [2.45, 2.75) is 19.2 Å². The predicted octanol–water partition coefficient (Wildman–Crippen LogP) is 2.41. The molecule has 0 radical (unpaired) electrons. The van der Waals surface area contributed by atoms with Gasteiger partial charge in [-0.1, -0.05) is 0 Å². The summed E-state index contributed by atoms with van der Waals surface area (Å²) < 4.78 is 1.98. The molecule has 0 atom stereocenters. The SMILES string of the molecule is Cc1nn(C)c(N2CCCSCC2)c1CCl. The maximum Gasteiger partial charge on any atom is 0.131 e. The largest absolute Gasteiger partial charge is 0.356 e. The summed E-state index contributed by atoms with van der Waals surface area (Å²) in [4.78, 5) is 2.43. The second-order valence-electron chi connectivity index (χ2n) is 4.10. The topological polar surface area (TPSA) is 21.1 Å². The Balaban J connectivity index is 2.29. The third kappa shape index (κ3) is 2.33. The van der Waals surface area contributed by atoms with Crippen molar-refractivity contribution in [3.8, 4) is 0 Å². The highest BCUT2D eigenvalue weighted by Gasteiger charge is 2.19. The van der Waals surface area contributed by atoms with Gasteiger partial charge < -0.3 is 4.90 Å². The Labute approximate surface area is 106 Å². The normalized spacial score (nSPS) is 17.6. The lowest BCUT2D eigenvalue weighted by atomic mass is 10.2. The van der Waals surface area contributed by atoms with Crippen LogP contribution in [-0.2, 0) is 12.9 Å². The monoisotopic (exact) mass is 259 g/mol. The zero-order valence-corrected chi connectivity index (χ0v) is 11.4. The minimum Gasteiger partial charge on any atom is -0.356 e. The third-order valence-electron chi connectivity index (χ3n) is 2.97. The molecule has 0 unspecified atom stereocenters. The van der Waals surface area contributed by atoms with E-state index in [0.29, 0.717) is 5.88 Å². The van der Waals surface area contributed by atoms with Crippen molar-refractivity contribution in [3.05, 3.63) is 11.3 Å². The van der Waals surface area contributed by atoms with Crippen molar-refractivity contribution >= 4 is 29.2 Å². The molecule has 0 N–H and O–H groups in total. The number of halogens is 1. The number of nitrogens with zero attached hydrogens (tertiary/aromatic N) is 3. The summed E-state index contributed by atoms with van der Waals surface area (Å²) in [5.41, 5.74) is 2.25. The summed E-state index contributed by atoms with van der Waals surface area (Å²) in [5.74, 6) is 4.24. The molecule has 0 aliphatic carbocycles. The van der Waals surface area contributed by atoms with E-state index < -0.39 is 0 Å². The van der Waals surface area contributed by atoms with Crippen LogP contribution in [0.15, 0.2) is 0 Å². The Morgan fingerprint density at radius 2 is 2.19 bits per heavy atom. The van der Waals surface area contributed by atoms with Gasteiger partial charge in [0.1, 0.15) is 5.82 Å². The van der Waals surface area contributed by atoms with Crippen molar-refractivity contribution in [1.29, 1.82) is 0 Å². The molecule has 1 aliphatic rings. The lowest BCUT2D eigenvalue weighted by Gasteiger charge is -2.23. The minimum atomic E-state index is 0.554. The molecule has 1 aliphatic heterocycles. The smallest absolute Gasteiger partial charge is 0.131 e. The molecule has 1 aromatic rings. The van der Waals surface area contributed by atoms with Crippen LogP contribution in [0.1, 0.15) is 17.7 Å². The van der Waals surface area contributed by atoms with Gasteiger partial charge in [-0.25, -0.2) is 0 Å². The average molecular weight is 260 g/mol. The molecule has 5 heteroatoms. The van der Waals surface area contributed by atoms with Gasteiger partial charge >= 0.3 is 0 Å². The molecular formula is C11H18ClN3S. The number of hydrogen-bond acceptors (Lipinski definition) is 3. The van der Waals surface area contributed by atoms with Crippen LogP contribution in [0, 0.1) is 6.92 Å². The molecule has 0 saturated carbocycles. The molecule has 90 valence electrons. The maximum absolute atomic E-state index is 6.03. The zero-order valence-electron chi connectivity index (χ0n) is 9.87. The summed E-state index contributed by atoms with van der Waals surface area (Å²) in [6, 6.07) is 0. The molecule has 3 nitrogen and oxygen atoms in total. The number of alkyl halides is 1. The number of aryl methyl sites for hydroxylation is 2. The first-order chi connectivity index (χ1) is 7.74. The Morgan fingerprint density at radius 3 is 2.94 bits per heavy atom. The highest BCUT2D eigenvalue weighted by molar-refractivity contribution is 7.99. The van der Waals surface area contributed by atoms with E-state index in [9.17, 15) is 0 Å². The van der Waals surface area contributed by atoms with Gasteiger partial charge in [-0.3, -0.25) is 4.68 Å². The van der Waals surface area contributed by atoms with E-state index in [1.165, 1.54) is 29.3 Å². The van der Waals surface area contributed by atoms with Gasteiger partial charge in [0, 0.05) is 31.5 Å². The van der Waals surface area contributed by atoms with E-state index in [2.05, 4.69) is 10.00 Å². The van der Waals surface area contributed by atoms with Crippen LogP contribution in [0.4, 0.5) is 5.82 Å². The third-order valence-corrected chi connectivity index (χ3v) is 4.28. The van der Waals surface area contributed by atoms with Crippen LogP contribution in [-0.4, -0.2) is 34.4 Å². The first kappa shape index (κ1) is 12.1. The summed E-state index contributed by atoms with van der Waals surface area (Å²) in [7, 11) is 2.01. The Kier molecular flexibility index (Phi) is 4.03. The molecule has 1 aromatic heterocycles. The number of thioether (sulfide) groups is 1. The van der Waals surface area contributed by atoms with Crippen LogP contribution in [0.5, 0.6) is 0 Å². The van der Waals surface area contributed by atoms with Crippen LogP contribution < -0.4 is 4.90 Å². The molecular weight excluding hydrogens is 242 g/mol. The van der Waals surface area contributed by atoms with Gasteiger partial charge in [0.25, 0.3) is 0 Å². The second-order valence-corrected chi connectivity index (χ2v) is 5.59. The minimum absolute atomic E-state index is 0.554. The van der Waals surface area contributed by atoms with Crippen LogP contribution in [0.25, 0.3) is 0 Å². The predicted molar refractivity (Wildman–Crippen MR) is 71.7 cm³/mol. The molecule has 0 aromatic carbocycles. The Bertz CT molecular complexity index is 356. The molecule has 1 fully saturated rings. The van der Waals surface area contributed by atoms with Gasteiger partial charge in [0.15, 0.2) is 0 Å². The van der Waals surface area contributed by atoms with E-state index in [-0.39, 0.29) is 0 Å². The van der Waals surface area contributed by atoms with Crippen LogP contribution in [0.3, 0.4) is 0 Å². The van der Waals surface area contributed by atoms with Crippen LogP contribution >= 0.6 is 23.4 Å². The standard InChI is InChI=1S/C11H18ClN3S/c1-9-10(8-12)11(14(2)13-9)15-4-3-6-16-7-5-15/h3-8H2,1-2H3. The molecule has 0 bridgehead atoms. The fourth-order valence-corrected chi connectivity index (χ4v) is 3.40. The number of aromatic nitrogens is 2. The van der Waals surface area contributed by atoms with Crippen molar-refractivity contribution in [2.75, 3.05) is 29.5 Å². The maximum atomic E-state index is 6.03. The van der Waals surface area contributed by atoms with Gasteiger partial charge in [-0.05, 0) is 19.1 Å². The van der Waals surface area contributed by atoms with Crippen molar-refractivity contribution in [3.63, 3.8) is 0 Å². The van der Waals surface area contributed by atoms with E-state index in [1.54, 1.807) is 0 Å². The van der Waals surface area contributed by atoms with Gasteiger partial charge in [0.05, 0.1) is 11.6 Å². The van der Waals surface area contributed by atoms with Crippen molar-refractivity contribution in [2.24, 2.45) is 7.05 Å². The van der Waals surface area contributed by atoms with Crippen molar-refractivity contribution < 1.29 is 0 Å². The first-order valence-electron chi connectivity index (χ1n) is 5.65. The van der Waals surface area contributed by atoms with Gasteiger partial charge in [-0.2, -0.15) is 16.9 Å². The van der Waals surface area contributed by atoms with E-state index in [1.807, 2.05) is 30.4 Å². The Morgan fingerprint density at radius 1 is 1.38 bits per heavy atom. The summed E-state index contributed by atoms with van der Waals surface area (Å²) in [5, 5.41) is 4.47. The number of anilines is 1. The van der Waals surface area contributed by atoms with E-state index >= 15 is 0 Å². The number of rotatable bonds is 2. The fourth-order valence-electron chi connectivity index (χ4n) is 2.20.